The molecule has 4 rings (SSSR count). The molecule has 1 heterocycles. The number of aromatic nitrogens is 1. The highest BCUT2D eigenvalue weighted by atomic mass is 35.5. The van der Waals surface area contributed by atoms with Gasteiger partial charge in [0.1, 0.15) is 4.33 Å². The number of methoxy groups -OCH3 is 1. The monoisotopic (exact) mass is 557 g/mol. The number of carbonyl (C=O) groups excluding carboxylic acids is 2. The molecule has 2 amide bonds. The third-order valence-corrected chi connectivity index (χ3v) is 6.97. The predicted molar refractivity (Wildman–Crippen MR) is 136 cm³/mol. The number of alkyl halides is 2. The molecule has 1 aliphatic carbocycles. The fourth-order valence-corrected chi connectivity index (χ4v) is 5.19. The molecule has 1 aromatic heterocycles. The lowest BCUT2D eigenvalue weighted by atomic mass is 10.1. The fraction of sp³-hybridized carbons (Fsp3) is 0.174. The van der Waals surface area contributed by atoms with Gasteiger partial charge in [-0.2, -0.15) is 0 Å². The van der Waals surface area contributed by atoms with Crippen molar-refractivity contribution >= 4 is 81.2 Å². The molecule has 2 N–H and O–H groups in total. The van der Waals surface area contributed by atoms with Crippen LogP contribution in [0.5, 0.6) is 5.88 Å². The molecule has 0 radical (unpaired) electrons. The lowest BCUT2D eigenvalue weighted by molar-refractivity contribution is -0.117. The molecule has 0 saturated heterocycles. The summed E-state index contributed by atoms with van der Waals surface area (Å²) in [6, 6.07) is 12.6. The number of rotatable bonds is 6. The van der Waals surface area contributed by atoms with E-state index in [2.05, 4.69) is 15.6 Å². The third kappa shape index (κ3) is 5.21. The van der Waals surface area contributed by atoms with E-state index in [0.717, 1.165) is 0 Å². The van der Waals surface area contributed by atoms with Gasteiger partial charge in [-0.15, -0.1) is 23.2 Å². The average molecular weight is 560 g/mol. The van der Waals surface area contributed by atoms with Crippen LogP contribution in [0.1, 0.15) is 21.8 Å². The van der Waals surface area contributed by atoms with Gasteiger partial charge in [0.25, 0.3) is 5.91 Å². The zero-order valence-electron chi connectivity index (χ0n) is 17.4. The lowest BCUT2D eigenvalue weighted by Crippen LogP contribution is -2.18. The largest absolute Gasteiger partial charge is 0.481 e. The first-order chi connectivity index (χ1) is 16.1. The van der Waals surface area contributed by atoms with E-state index in [-0.39, 0.29) is 10.6 Å². The zero-order valence-corrected chi connectivity index (χ0v) is 21.2. The van der Waals surface area contributed by atoms with E-state index < -0.39 is 28.0 Å². The molecule has 6 nitrogen and oxygen atoms in total. The van der Waals surface area contributed by atoms with Crippen molar-refractivity contribution in [3.05, 3.63) is 80.9 Å². The Morgan fingerprint density at radius 3 is 2.29 bits per heavy atom. The fourth-order valence-electron chi connectivity index (χ4n) is 3.62. The maximum absolute atomic E-state index is 13.0. The van der Waals surface area contributed by atoms with E-state index >= 15 is 0 Å². The zero-order chi connectivity index (χ0) is 24.6. The van der Waals surface area contributed by atoms with Crippen LogP contribution in [-0.4, -0.2) is 28.2 Å². The molecular weight excluding hydrogens is 544 g/mol. The molecule has 1 saturated carbocycles. The summed E-state index contributed by atoms with van der Waals surface area (Å²) in [5, 5.41) is 6.51. The summed E-state index contributed by atoms with van der Waals surface area (Å²) >= 11 is 31.2. The summed E-state index contributed by atoms with van der Waals surface area (Å²) in [4.78, 5) is 29.7. The van der Waals surface area contributed by atoms with Gasteiger partial charge in [0, 0.05) is 39.6 Å². The normalized spacial score (nSPS) is 18.2. The molecule has 3 aromatic rings. The Balaban J connectivity index is 1.50. The Bertz CT molecular complexity index is 1260. The van der Waals surface area contributed by atoms with E-state index in [1.807, 2.05) is 0 Å². The van der Waals surface area contributed by atoms with Gasteiger partial charge in [-0.3, -0.25) is 9.59 Å². The van der Waals surface area contributed by atoms with Crippen LogP contribution in [0.3, 0.4) is 0 Å². The highest BCUT2D eigenvalue weighted by Crippen LogP contribution is 2.65. The summed E-state index contributed by atoms with van der Waals surface area (Å²) in [5.74, 6) is -1.79. The number of halogens is 5. The van der Waals surface area contributed by atoms with E-state index in [9.17, 15) is 9.59 Å². The Labute approximate surface area is 220 Å². The third-order valence-electron chi connectivity index (χ3n) is 5.26. The summed E-state index contributed by atoms with van der Waals surface area (Å²) in [6.45, 7) is 0. The molecule has 1 aliphatic rings. The summed E-state index contributed by atoms with van der Waals surface area (Å²) in [6.07, 6.45) is 1.50. The minimum atomic E-state index is -1.33. The SMILES string of the molecule is COc1cc(NC(=O)c2cc(NC(=O)[C@H]3[C@H](c4cc(Cl)cc(Cl)c4)C3(Cl)Cl)ccc2Cl)ccn1. The van der Waals surface area contributed by atoms with Crippen molar-refractivity contribution in [3.8, 4) is 5.88 Å². The Morgan fingerprint density at radius 1 is 0.941 bits per heavy atom. The number of benzene rings is 2. The standard InChI is InChI=1S/C23H16Cl5N3O3/c1-34-18-10-15(4-5-29-18)30-21(32)16-9-14(2-3-17(16)26)31-22(33)20-19(23(20,27)28)11-6-12(24)8-13(25)7-11/h2-10,19-20H,1H3,(H,31,33)(H,29,30,32)/t19-,20+/m0/s1. The molecular formula is C23H16Cl5N3O3. The molecule has 2 atom stereocenters. The van der Waals surface area contributed by atoms with Gasteiger partial charge in [0.2, 0.25) is 11.8 Å². The second kappa shape index (κ2) is 9.80. The minimum Gasteiger partial charge on any atom is -0.481 e. The first-order valence-corrected chi connectivity index (χ1v) is 11.7. The highest BCUT2D eigenvalue weighted by molar-refractivity contribution is 6.53. The highest BCUT2D eigenvalue weighted by Gasteiger charge is 2.67. The number of anilines is 2. The molecule has 11 heteroatoms. The van der Waals surface area contributed by atoms with Crippen molar-refractivity contribution in [1.29, 1.82) is 0 Å². The van der Waals surface area contributed by atoms with Gasteiger partial charge in [0.05, 0.1) is 23.6 Å². The Kier molecular flexibility index (Phi) is 7.17. The predicted octanol–water partition coefficient (Wildman–Crippen LogP) is 6.83. The van der Waals surface area contributed by atoms with Gasteiger partial charge in [0.15, 0.2) is 0 Å². The lowest BCUT2D eigenvalue weighted by Gasteiger charge is -2.11. The van der Waals surface area contributed by atoms with Crippen LogP contribution in [0.4, 0.5) is 11.4 Å². The molecule has 34 heavy (non-hydrogen) atoms. The van der Waals surface area contributed by atoms with Crippen molar-refractivity contribution in [1.82, 2.24) is 4.98 Å². The van der Waals surface area contributed by atoms with Crippen molar-refractivity contribution in [2.24, 2.45) is 5.92 Å². The van der Waals surface area contributed by atoms with Crippen LogP contribution < -0.4 is 15.4 Å². The second-order valence-electron chi connectivity index (χ2n) is 7.56. The van der Waals surface area contributed by atoms with Crippen LogP contribution >= 0.6 is 58.0 Å². The smallest absolute Gasteiger partial charge is 0.257 e. The number of amides is 2. The number of nitrogens with zero attached hydrogens (tertiary/aromatic N) is 1. The van der Waals surface area contributed by atoms with E-state index in [4.69, 9.17) is 62.7 Å². The molecule has 0 spiro atoms. The van der Waals surface area contributed by atoms with Gasteiger partial charge < -0.3 is 15.4 Å². The molecule has 0 bridgehead atoms. The van der Waals surface area contributed by atoms with Gasteiger partial charge in [-0.1, -0.05) is 34.8 Å². The maximum atomic E-state index is 13.0. The summed E-state index contributed by atoms with van der Waals surface area (Å²) in [7, 11) is 1.47. The number of nitrogens with one attached hydrogen (secondary N) is 2. The van der Waals surface area contributed by atoms with E-state index in [1.54, 1.807) is 36.4 Å². The summed E-state index contributed by atoms with van der Waals surface area (Å²) < 4.78 is 3.73. The topological polar surface area (TPSA) is 80.3 Å². The van der Waals surface area contributed by atoms with E-state index in [0.29, 0.717) is 32.9 Å². The van der Waals surface area contributed by atoms with Crippen LogP contribution in [-0.2, 0) is 4.79 Å². The Morgan fingerprint density at radius 2 is 1.62 bits per heavy atom. The van der Waals surface area contributed by atoms with Crippen LogP contribution in [0.15, 0.2) is 54.7 Å². The number of hydrogen-bond acceptors (Lipinski definition) is 4. The van der Waals surface area contributed by atoms with Crippen molar-refractivity contribution < 1.29 is 14.3 Å². The minimum absolute atomic E-state index is 0.159. The number of ether oxygens (including phenoxy) is 1. The first kappa shape index (κ1) is 24.9. The molecule has 0 unspecified atom stereocenters. The van der Waals surface area contributed by atoms with Crippen LogP contribution in [0, 0.1) is 5.92 Å². The van der Waals surface area contributed by atoms with Crippen molar-refractivity contribution in [2.75, 3.05) is 17.7 Å². The van der Waals surface area contributed by atoms with Crippen LogP contribution in [0.25, 0.3) is 0 Å². The molecule has 0 aliphatic heterocycles. The number of carbonyl (C=O) groups is 2. The van der Waals surface area contributed by atoms with Gasteiger partial charge >= 0.3 is 0 Å². The molecule has 176 valence electrons. The average Bonchev–Trinajstić information content (AvgIpc) is 3.36. The van der Waals surface area contributed by atoms with Gasteiger partial charge in [-0.25, -0.2) is 4.98 Å². The van der Waals surface area contributed by atoms with Crippen LogP contribution in [0.2, 0.25) is 15.1 Å². The van der Waals surface area contributed by atoms with E-state index in [1.165, 1.54) is 25.4 Å². The first-order valence-electron chi connectivity index (χ1n) is 9.85. The summed E-state index contributed by atoms with van der Waals surface area (Å²) in [5.41, 5.74) is 1.64. The maximum Gasteiger partial charge on any atom is 0.257 e. The molecule has 1 fully saturated rings. The van der Waals surface area contributed by atoms with Crippen molar-refractivity contribution in [2.45, 2.75) is 10.3 Å². The number of hydrogen-bond donors (Lipinski definition) is 2. The Hall–Kier alpha value is -2.22. The van der Waals surface area contributed by atoms with Gasteiger partial charge in [-0.05, 0) is 48.0 Å². The number of pyridine rings is 1. The quantitative estimate of drug-likeness (QED) is 0.325. The molecule has 2 aromatic carbocycles. The second-order valence-corrected chi connectivity index (χ2v) is 10.3. The van der Waals surface area contributed by atoms with Crippen molar-refractivity contribution in [3.63, 3.8) is 0 Å².